The van der Waals surface area contributed by atoms with E-state index in [9.17, 15) is 13.6 Å². The van der Waals surface area contributed by atoms with E-state index in [0.717, 1.165) is 0 Å². The molecule has 5 heteroatoms. The molecule has 1 saturated heterocycles. The Balaban J connectivity index is 2.12. The molecule has 0 spiro atoms. The van der Waals surface area contributed by atoms with Gasteiger partial charge in [0, 0.05) is 24.2 Å². The van der Waals surface area contributed by atoms with Crippen molar-refractivity contribution in [2.45, 2.75) is 12.3 Å². The van der Waals surface area contributed by atoms with Gasteiger partial charge < -0.3 is 10.6 Å². The van der Waals surface area contributed by atoms with Gasteiger partial charge in [-0.15, -0.1) is 0 Å². The van der Waals surface area contributed by atoms with Crippen molar-refractivity contribution in [3.63, 3.8) is 0 Å². The van der Waals surface area contributed by atoms with Crippen LogP contribution in [-0.4, -0.2) is 29.8 Å². The summed E-state index contributed by atoms with van der Waals surface area (Å²) in [6.45, 7) is -0.383. The third kappa shape index (κ3) is 2.13. The molecule has 2 N–H and O–H groups in total. The normalized spacial score (nSPS) is 18.8. The molecule has 1 heterocycles. The zero-order valence-electron chi connectivity index (χ0n) is 8.62. The molecular formula is C11H12F2N2O. The minimum atomic E-state index is -2.75. The van der Waals surface area contributed by atoms with E-state index in [-0.39, 0.29) is 18.9 Å². The highest BCUT2D eigenvalue weighted by Crippen LogP contribution is 2.27. The van der Waals surface area contributed by atoms with Crippen LogP contribution in [0.15, 0.2) is 24.3 Å². The molecule has 86 valence electrons. The van der Waals surface area contributed by atoms with E-state index >= 15 is 0 Å². The molecule has 0 aromatic heterocycles. The molecule has 0 aliphatic carbocycles. The number of alkyl halides is 2. The van der Waals surface area contributed by atoms with Crippen LogP contribution < -0.4 is 5.73 Å². The van der Waals surface area contributed by atoms with Crippen molar-refractivity contribution >= 4 is 11.6 Å². The van der Waals surface area contributed by atoms with Gasteiger partial charge in [-0.25, -0.2) is 8.78 Å². The Hall–Kier alpha value is -1.65. The van der Waals surface area contributed by atoms with Crippen molar-refractivity contribution in [2.24, 2.45) is 0 Å². The van der Waals surface area contributed by atoms with Crippen LogP contribution in [0.2, 0.25) is 0 Å². The summed E-state index contributed by atoms with van der Waals surface area (Å²) in [5.74, 6) is -3.11. The second kappa shape index (κ2) is 3.73. The summed E-state index contributed by atoms with van der Waals surface area (Å²) < 4.78 is 25.8. The highest BCUT2D eigenvalue weighted by atomic mass is 19.3. The van der Waals surface area contributed by atoms with Crippen LogP contribution in [0.1, 0.15) is 16.8 Å². The van der Waals surface area contributed by atoms with E-state index in [0.29, 0.717) is 11.3 Å². The van der Waals surface area contributed by atoms with E-state index in [1.165, 1.54) is 4.90 Å². The molecule has 1 amide bonds. The first-order chi connectivity index (χ1) is 7.48. The van der Waals surface area contributed by atoms with Crippen LogP contribution in [0.3, 0.4) is 0 Å². The van der Waals surface area contributed by atoms with Crippen LogP contribution in [0.25, 0.3) is 0 Å². The standard InChI is InChI=1S/C11H12F2N2O/c12-11(13)5-6-15(7-11)10(16)8-1-3-9(14)4-2-8/h1-4H,5-7,14H2. The summed E-state index contributed by atoms with van der Waals surface area (Å²) in [6.07, 6.45) is -0.256. The Kier molecular flexibility index (Phi) is 2.53. The van der Waals surface area contributed by atoms with Gasteiger partial charge in [0.25, 0.3) is 11.8 Å². The average molecular weight is 226 g/mol. The molecule has 2 rings (SSSR count). The number of anilines is 1. The molecule has 1 fully saturated rings. The van der Waals surface area contributed by atoms with Gasteiger partial charge >= 0.3 is 0 Å². The Morgan fingerprint density at radius 2 is 1.94 bits per heavy atom. The molecule has 1 aliphatic rings. The molecule has 0 unspecified atom stereocenters. The summed E-state index contributed by atoms with van der Waals surface area (Å²) in [5.41, 5.74) is 6.42. The fraction of sp³-hybridized carbons (Fsp3) is 0.364. The fourth-order valence-electron chi connectivity index (χ4n) is 1.72. The predicted octanol–water partition coefficient (Wildman–Crippen LogP) is 1.75. The molecular weight excluding hydrogens is 214 g/mol. The summed E-state index contributed by atoms with van der Waals surface area (Å²) in [7, 11) is 0. The van der Waals surface area contributed by atoms with E-state index in [2.05, 4.69) is 0 Å². The second-order valence-corrected chi connectivity index (χ2v) is 3.95. The highest BCUT2D eigenvalue weighted by Gasteiger charge is 2.40. The summed E-state index contributed by atoms with van der Waals surface area (Å²) in [4.78, 5) is 13.0. The number of hydrogen-bond donors (Lipinski definition) is 1. The third-order valence-corrected chi connectivity index (χ3v) is 2.61. The lowest BCUT2D eigenvalue weighted by Gasteiger charge is -2.15. The number of nitrogens with zero attached hydrogens (tertiary/aromatic N) is 1. The summed E-state index contributed by atoms with van der Waals surface area (Å²) in [6, 6.07) is 6.27. The number of halogens is 2. The molecule has 16 heavy (non-hydrogen) atoms. The zero-order chi connectivity index (χ0) is 11.8. The van der Waals surface area contributed by atoms with Crippen LogP contribution in [0, 0.1) is 0 Å². The number of likely N-dealkylation sites (tertiary alicyclic amines) is 1. The zero-order valence-corrected chi connectivity index (χ0v) is 8.62. The summed E-state index contributed by atoms with van der Waals surface area (Å²) >= 11 is 0. The van der Waals surface area contributed by atoms with Crippen LogP contribution in [-0.2, 0) is 0 Å². The first-order valence-electron chi connectivity index (χ1n) is 5.01. The number of amides is 1. The molecule has 0 saturated carbocycles. The molecule has 3 nitrogen and oxygen atoms in total. The minimum Gasteiger partial charge on any atom is -0.399 e. The lowest BCUT2D eigenvalue weighted by molar-refractivity contribution is 0.0120. The number of nitrogens with two attached hydrogens (primary N) is 1. The maximum absolute atomic E-state index is 12.9. The van der Waals surface area contributed by atoms with Gasteiger partial charge in [-0.3, -0.25) is 4.79 Å². The largest absolute Gasteiger partial charge is 0.399 e. The number of hydrogen-bond acceptors (Lipinski definition) is 2. The number of carbonyl (C=O) groups is 1. The lowest BCUT2D eigenvalue weighted by Crippen LogP contribution is -2.31. The van der Waals surface area contributed by atoms with Gasteiger partial charge in [0.05, 0.1) is 6.54 Å². The predicted molar refractivity (Wildman–Crippen MR) is 56.3 cm³/mol. The van der Waals surface area contributed by atoms with Gasteiger partial charge in [-0.05, 0) is 24.3 Å². The SMILES string of the molecule is Nc1ccc(C(=O)N2CCC(F)(F)C2)cc1. The molecule has 0 radical (unpaired) electrons. The smallest absolute Gasteiger partial charge is 0.267 e. The van der Waals surface area contributed by atoms with E-state index in [4.69, 9.17) is 5.73 Å². The van der Waals surface area contributed by atoms with Gasteiger partial charge in [-0.1, -0.05) is 0 Å². The topological polar surface area (TPSA) is 46.3 Å². The van der Waals surface area contributed by atoms with Crippen molar-refractivity contribution < 1.29 is 13.6 Å². The maximum Gasteiger partial charge on any atom is 0.267 e. The average Bonchev–Trinajstić information content (AvgIpc) is 2.59. The molecule has 0 bridgehead atoms. The monoisotopic (exact) mass is 226 g/mol. The Morgan fingerprint density at radius 1 is 1.31 bits per heavy atom. The van der Waals surface area contributed by atoms with Crippen molar-refractivity contribution in [1.29, 1.82) is 0 Å². The number of nitrogen functional groups attached to an aromatic ring is 1. The molecule has 1 aromatic carbocycles. The van der Waals surface area contributed by atoms with E-state index in [1.807, 2.05) is 0 Å². The minimum absolute atomic E-state index is 0.107. The number of rotatable bonds is 1. The van der Waals surface area contributed by atoms with Crippen LogP contribution >= 0.6 is 0 Å². The Labute approximate surface area is 91.8 Å². The quantitative estimate of drug-likeness (QED) is 0.741. The lowest BCUT2D eigenvalue weighted by atomic mass is 10.2. The van der Waals surface area contributed by atoms with Crippen molar-refractivity contribution in [2.75, 3.05) is 18.8 Å². The van der Waals surface area contributed by atoms with Crippen LogP contribution in [0.4, 0.5) is 14.5 Å². The first kappa shape index (κ1) is 10.9. The van der Waals surface area contributed by atoms with E-state index in [1.54, 1.807) is 24.3 Å². The van der Waals surface area contributed by atoms with Gasteiger partial charge in [0.15, 0.2) is 0 Å². The molecule has 0 atom stereocenters. The van der Waals surface area contributed by atoms with Crippen molar-refractivity contribution in [3.05, 3.63) is 29.8 Å². The van der Waals surface area contributed by atoms with Gasteiger partial charge in [-0.2, -0.15) is 0 Å². The van der Waals surface area contributed by atoms with Crippen LogP contribution in [0.5, 0.6) is 0 Å². The van der Waals surface area contributed by atoms with Crippen molar-refractivity contribution in [3.8, 4) is 0 Å². The maximum atomic E-state index is 12.9. The first-order valence-corrected chi connectivity index (χ1v) is 5.01. The Bertz CT molecular complexity index is 403. The third-order valence-electron chi connectivity index (χ3n) is 2.61. The second-order valence-electron chi connectivity index (χ2n) is 3.95. The van der Waals surface area contributed by atoms with Crippen molar-refractivity contribution in [1.82, 2.24) is 4.90 Å². The van der Waals surface area contributed by atoms with Gasteiger partial charge in [0.2, 0.25) is 0 Å². The number of benzene rings is 1. The molecule has 1 aromatic rings. The van der Waals surface area contributed by atoms with Gasteiger partial charge in [0.1, 0.15) is 0 Å². The molecule has 1 aliphatic heterocycles. The number of carbonyl (C=O) groups excluding carboxylic acids is 1. The van der Waals surface area contributed by atoms with E-state index < -0.39 is 12.5 Å². The fourth-order valence-corrected chi connectivity index (χ4v) is 1.72. The summed E-state index contributed by atoms with van der Waals surface area (Å²) in [5, 5.41) is 0. The highest BCUT2D eigenvalue weighted by molar-refractivity contribution is 5.94. The Morgan fingerprint density at radius 3 is 2.44 bits per heavy atom.